The fourth-order valence-corrected chi connectivity index (χ4v) is 4.53. The van der Waals surface area contributed by atoms with Crippen molar-refractivity contribution in [1.29, 1.82) is 0 Å². The van der Waals surface area contributed by atoms with E-state index in [0.29, 0.717) is 34.6 Å². The maximum atomic E-state index is 14.0. The summed E-state index contributed by atoms with van der Waals surface area (Å²) in [6.07, 6.45) is 3.82. The number of piperidine rings is 1. The summed E-state index contributed by atoms with van der Waals surface area (Å²) in [7, 11) is 0. The second-order valence-corrected chi connectivity index (χ2v) is 8.83. The van der Waals surface area contributed by atoms with Gasteiger partial charge in [-0.05, 0) is 97.5 Å². The van der Waals surface area contributed by atoms with Gasteiger partial charge in [0.05, 0.1) is 0 Å². The maximum Gasteiger partial charge on any atom is 0.143 e. The number of phenols is 1. The zero-order chi connectivity index (χ0) is 24.2. The fourth-order valence-electron chi connectivity index (χ4n) is 4.53. The van der Waals surface area contributed by atoms with E-state index in [-0.39, 0.29) is 5.75 Å². The minimum absolute atomic E-state index is 0.124. The van der Waals surface area contributed by atoms with E-state index in [0.717, 1.165) is 36.8 Å². The number of rotatable bonds is 7. The number of fused-ring (bicyclic) bond motifs is 1. The van der Waals surface area contributed by atoms with E-state index in [4.69, 9.17) is 9.47 Å². The average molecular weight is 476 g/mol. The molecule has 1 N–H and O–H groups in total. The molecule has 1 aliphatic heterocycles. The number of aromatic hydroxyl groups is 1. The van der Waals surface area contributed by atoms with Gasteiger partial charge in [0.15, 0.2) is 0 Å². The Morgan fingerprint density at radius 2 is 1.49 bits per heavy atom. The predicted octanol–water partition coefficient (Wildman–Crippen LogP) is 7.15. The highest BCUT2D eigenvalue weighted by Gasteiger charge is 2.15. The van der Waals surface area contributed by atoms with Crippen molar-refractivity contribution in [1.82, 2.24) is 4.90 Å². The molecule has 0 amide bonds. The molecule has 0 radical (unpaired) electrons. The summed E-state index contributed by atoms with van der Waals surface area (Å²) in [6.45, 7) is 3.81. The minimum Gasteiger partial charge on any atom is -0.508 e. The zero-order valence-electron chi connectivity index (χ0n) is 19.3. The summed E-state index contributed by atoms with van der Waals surface area (Å²) in [6, 6.07) is 19.2. The molecule has 1 aliphatic rings. The van der Waals surface area contributed by atoms with E-state index < -0.39 is 11.6 Å². The molecular formula is C29H27F2NO3. The normalized spacial score (nSPS) is 14.2. The van der Waals surface area contributed by atoms with Gasteiger partial charge in [0.25, 0.3) is 0 Å². The molecule has 1 fully saturated rings. The number of hydrogen-bond acceptors (Lipinski definition) is 4. The Hall–Kier alpha value is -3.64. The second kappa shape index (κ2) is 10.3. The lowest BCUT2D eigenvalue weighted by Gasteiger charge is -2.26. The molecule has 0 unspecified atom stereocenters. The van der Waals surface area contributed by atoms with E-state index in [9.17, 15) is 13.9 Å². The van der Waals surface area contributed by atoms with E-state index >= 15 is 0 Å². The van der Waals surface area contributed by atoms with Crippen molar-refractivity contribution in [2.75, 3.05) is 26.2 Å². The van der Waals surface area contributed by atoms with Gasteiger partial charge in [-0.2, -0.15) is 0 Å². The SMILES string of the molecule is Oc1ccc2c(Oc3ccc(OCCN4CCCCC4)cc3)c(-c3cc(F)cc(F)c3)ccc2c1. The first-order valence-electron chi connectivity index (χ1n) is 11.9. The van der Waals surface area contributed by atoms with Gasteiger partial charge in [0.2, 0.25) is 0 Å². The van der Waals surface area contributed by atoms with Crippen molar-refractivity contribution in [3.63, 3.8) is 0 Å². The Bertz CT molecular complexity index is 1300. The van der Waals surface area contributed by atoms with Crippen molar-refractivity contribution in [3.05, 3.63) is 84.4 Å². The maximum absolute atomic E-state index is 14.0. The van der Waals surface area contributed by atoms with Gasteiger partial charge < -0.3 is 14.6 Å². The first-order valence-corrected chi connectivity index (χ1v) is 11.9. The van der Waals surface area contributed by atoms with Gasteiger partial charge >= 0.3 is 0 Å². The summed E-state index contributed by atoms with van der Waals surface area (Å²) < 4.78 is 40.1. The molecule has 0 bridgehead atoms. The van der Waals surface area contributed by atoms with Crippen molar-refractivity contribution >= 4 is 10.8 Å². The number of likely N-dealkylation sites (tertiary alicyclic amines) is 1. The third-order valence-corrected chi connectivity index (χ3v) is 6.30. The van der Waals surface area contributed by atoms with E-state index in [1.165, 1.54) is 31.4 Å². The molecule has 5 rings (SSSR count). The molecule has 0 aliphatic carbocycles. The van der Waals surface area contributed by atoms with Crippen LogP contribution in [0.25, 0.3) is 21.9 Å². The van der Waals surface area contributed by atoms with E-state index in [1.807, 2.05) is 24.3 Å². The van der Waals surface area contributed by atoms with Crippen molar-refractivity contribution in [2.24, 2.45) is 0 Å². The Labute approximate surface area is 203 Å². The molecule has 0 atom stereocenters. The molecule has 180 valence electrons. The van der Waals surface area contributed by atoms with Crippen LogP contribution in [0.5, 0.6) is 23.0 Å². The van der Waals surface area contributed by atoms with Crippen molar-refractivity contribution < 1.29 is 23.4 Å². The van der Waals surface area contributed by atoms with Crippen LogP contribution in [0.4, 0.5) is 8.78 Å². The van der Waals surface area contributed by atoms with Crippen molar-refractivity contribution in [2.45, 2.75) is 19.3 Å². The number of ether oxygens (including phenoxy) is 2. The number of hydrogen-bond donors (Lipinski definition) is 1. The molecule has 1 saturated heterocycles. The highest BCUT2D eigenvalue weighted by Crippen LogP contribution is 2.41. The molecule has 0 spiro atoms. The molecule has 4 aromatic carbocycles. The number of benzene rings is 4. The largest absolute Gasteiger partial charge is 0.508 e. The summed E-state index contributed by atoms with van der Waals surface area (Å²) in [4.78, 5) is 2.43. The van der Waals surface area contributed by atoms with Gasteiger partial charge in [-0.1, -0.05) is 12.5 Å². The molecule has 0 saturated carbocycles. The summed E-state index contributed by atoms with van der Waals surface area (Å²) in [5.41, 5.74) is 0.911. The van der Waals surface area contributed by atoms with Gasteiger partial charge in [-0.25, -0.2) is 8.78 Å². The zero-order valence-corrected chi connectivity index (χ0v) is 19.3. The van der Waals surface area contributed by atoms with E-state index in [1.54, 1.807) is 30.3 Å². The van der Waals surface area contributed by atoms with Crippen LogP contribution in [0.2, 0.25) is 0 Å². The van der Waals surface area contributed by atoms with Crippen molar-refractivity contribution in [3.8, 4) is 34.1 Å². The Morgan fingerprint density at radius 3 is 2.23 bits per heavy atom. The van der Waals surface area contributed by atoms with Crippen LogP contribution >= 0.6 is 0 Å². The third kappa shape index (κ3) is 5.54. The Balaban J connectivity index is 1.39. The second-order valence-electron chi connectivity index (χ2n) is 8.83. The lowest BCUT2D eigenvalue weighted by molar-refractivity contribution is 0.183. The van der Waals surface area contributed by atoms with E-state index in [2.05, 4.69) is 4.90 Å². The molecule has 6 heteroatoms. The van der Waals surface area contributed by atoms with Crippen LogP contribution in [0.15, 0.2) is 72.8 Å². The van der Waals surface area contributed by atoms with Crippen LogP contribution in [-0.4, -0.2) is 36.2 Å². The molecule has 4 nitrogen and oxygen atoms in total. The monoisotopic (exact) mass is 475 g/mol. The molecule has 0 aromatic heterocycles. The van der Waals surface area contributed by atoms with Gasteiger partial charge in [0.1, 0.15) is 41.2 Å². The summed E-state index contributed by atoms with van der Waals surface area (Å²) in [5.74, 6) is 0.563. The topological polar surface area (TPSA) is 41.9 Å². The Kier molecular flexibility index (Phi) is 6.82. The Morgan fingerprint density at radius 1 is 0.771 bits per heavy atom. The summed E-state index contributed by atoms with van der Waals surface area (Å²) in [5, 5.41) is 11.4. The minimum atomic E-state index is -0.664. The quantitative estimate of drug-likeness (QED) is 0.308. The van der Waals surface area contributed by atoms with Gasteiger partial charge in [0, 0.05) is 23.6 Å². The third-order valence-electron chi connectivity index (χ3n) is 6.30. The smallest absolute Gasteiger partial charge is 0.143 e. The van der Waals surface area contributed by atoms with Crippen LogP contribution in [0.3, 0.4) is 0 Å². The van der Waals surface area contributed by atoms with Crippen LogP contribution in [0, 0.1) is 11.6 Å². The molecule has 35 heavy (non-hydrogen) atoms. The van der Waals surface area contributed by atoms with Crippen LogP contribution in [-0.2, 0) is 0 Å². The summed E-state index contributed by atoms with van der Waals surface area (Å²) >= 11 is 0. The number of halogens is 2. The fraction of sp³-hybridized carbons (Fsp3) is 0.241. The highest BCUT2D eigenvalue weighted by atomic mass is 19.1. The molecular weight excluding hydrogens is 448 g/mol. The lowest BCUT2D eigenvalue weighted by atomic mass is 9.99. The average Bonchev–Trinajstić information content (AvgIpc) is 2.85. The molecule has 4 aromatic rings. The highest BCUT2D eigenvalue weighted by molar-refractivity contribution is 5.96. The van der Waals surface area contributed by atoms with Gasteiger partial charge in [-0.15, -0.1) is 0 Å². The first kappa shape index (κ1) is 23.1. The first-order chi connectivity index (χ1) is 17.0. The van der Waals surface area contributed by atoms with Crippen LogP contribution < -0.4 is 9.47 Å². The lowest BCUT2D eigenvalue weighted by Crippen LogP contribution is -2.33. The number of nitrogens with zero attached hydrogens (tertiary/aromatic N) is 1. The standard InChI is InChI=1S/C29H27F2NO3/c30-22-16-21(17-23(31)19-22)28-10-4-20-18-24(33)5-11-27(20)29(28)35-26-8-6-25(7-9-26)34-15-14-32-12-2-1-3-13-32/h4-11,16-19,33H,1-3,12-15H2. The van der Waals surface area contributed by atoms with Crippen LogP contribution in [0.1, 0.15) is 19.3 Å². The molecule has 1 heterocycles. The van der Waals surface area contributed by atoms with Gasteiger partial charge in [-0.3, -0.25) is 4.90 Å². The number of phenolic OH excluding ortho intramolecular Hbond substituents is 1. The predicted molar refractivity (Wildman–Crippen MR) is 133 cm³/mol.